The minimum Gasteiger partial charge on any atom is -0.491 e. The van der Waals surface area contributed by atoms with Gasteiger partial charge in [-0.1, -0.05) is 6.07 Å². The maximum atomic E-state index is 5.63. The molecule has 1 fully saturated rings. The molecule has 1 aromatic carbocycles. The smallest absolute Gasteiger partial charge is 0.121 e. The van der Waals surface area contributed by atoms with Gasteiger partial charge in [0.05, 0.1) is 12.7 Å². The predicted octanol–water partition coefficient (Wildman–Crippen LogP) is 2.22. The molecule has 1 aromatic rings. The third-order valence-corrected chi connectivity index (χ3v) is 2.62. The average Bonchev–Trinajstić information content (AvgIpc) is 2.15. The largest absolute Gasteiger partial charge is 0.491 e. The van der Waals surface area contributed by atoms with Crippen molar-refractivity contribution in [2.75, 3.05) is 18.9 Å². The van der Waals surface area contributed by atoms with Crippen molar-refractivity contribution in [2.45, 2.75) is 25.4 Å². The van der Waals surface area contributed by atoms with Crippen LogP contribution < -0.4 is 10.5 Å². The van der Waals surface area contributed by atoms with Crippen LogP contribution in [0.2, 0.25) is 0 Å². The van der Waals surface area contributed by atoms with Crippen molar-refractivity contribution in [3.63, 3.8) is 0 Å². The molecule has 1 aliphatic carbocycles. The van der Waals surface area contributed by atoms with E-state index in [2.05, 4.69) is 0 Å². The zero-order valence-electron chi connectivity index (χ0n) is 8.82. The van der Waals surface area contributed by atoms with Crippen molar-refractivity contribution in [3.05, 3.63) is 24.3 Å². The summed E-state index contributed by atoms with van der Waals surface area (Å²) in [6.07, 6.45) is 4.20. The molecule has 0 aliphatic heterocycles. The Labute approximate surface area is 90.2 Å². The Bertz CT molecular complexity index is 310. The minimum absolute atomic E-state index is 0.481. The minimum atomic E-state index is 0.481. The highest BCUT2D eigenvalue weighted by Crippen LogP contribution is 2.21. The molecule has 3 heteroatoms. The summed E-state index contributed by atoms with van der Waals surface area (Å²) < 4.78 is 11.1. The molecule has 0 aromatic heterocycles. The summed E-state index contributed by atoms with van der Waals surface area (Å²) in [4.78, 5) is 0. The van der Waals surface area contributed by atoms with Gasteiger partial charge in [-0.25, -0.2) is 0 Å². The van der Waals surface area contributed by atoms with Crippen LogP contribution in [0.5, 0.6) is 5.75 Å². The van der Waals surface area contributed by atoms with Gasteiger partial charge in [0.2, 0.25) is 0 Å². The third kappa shape index (κ3) is 3.13. The normalized spacial score (nSPS) is 16.0. The van der Waals surface area contributed by atoms with E-state index in [1.807, 2.05) is 24.3 Å². The lowest BCUT2D eigenvalue weighted by molar-refractivity contribution is -0.0103. The van der Waals surface area contributed by atoms with Gasteiger partial charge in [0.25, 0.3) is 0 Å². The van der Waals surface area contributed by atoms with Gasteiger partial charge in [0.1, 0.15) is 12.4 Å². The molecule has 15 heavy (non-hydrogen) atoms. The summed E-state index contributed by atoms with van der Waals surface area (Å²) in [5.74, 6) is 0.812. The number of anilines is 1. The fourth-order valence-electron chi connectivity index (χ4n) is 1.52. The number of nitrogen functional groups attached to an aromatic ring is 1. The van der Waals surface area contributed by atoms with Crippen molar-refractivity contribution in [2.24, 2.45) is 0 Å². The van der Waals surface area contributed by atoms with E-state index in [1.165, 1.54) is 19.3 Å². The molecule has 0 unspecified atom stereocenters. The van der Waals surface area contributed by atoms with Gasteiger partial charge >= 0.3 is 0 Å². The molecule has 3 nitrogen and oxygen atoms in total. The number of ether oxygens (including phenoxy) is 2. The van der Waals surface area contributed by atoms with Gasteiger partial charge in [0.15, 0.2) is 0 Å². The molecule has 82 valence electrons. The van der Waals surface area contributed by atoms with E-state index >= 15 is 0 Å². The van der Waals surface area contributed by atoms with Gasteiger partial charge in [-0.3, -0.25) is 0 Å². The molecular weight excluding hydrogens is 190 g/mol. The summed E-state index contributed by atoms with van der Waals surface area (Å²) in [5, 5.41) is 0. The Morgan fingerprint density at radius 1 is 1.27 bits per heavy atom. The third-order valence-electron chi connectivity index (χ3n) is 2.62. The fraction of sp³-hybridized carbons (Fsp3) is 0.500. The second-order valence-corrected chi connectivity index (χ2v) is 3.84. The standard InChI is InChI=1S/C12H17NO2/c13-10-3-1-6-12(9-10)15-8-7-14-11-4-2-5-11/h1,3,6,9,11H,2,4-5,7-8,13H2. The lowest BCUT2D eigenvalue weighted by Gasteiger charge is -2.25. The van der Waals surface area contributed by atoms with Crippen LogP contribution in [0.3, 0.4) is 0 Å². The zero-order valence-corrected chi connectivity index (χ0v) is 8.82. The van der Waals surface area contributed by atoms with Crippen molar-refractivity contribution >= 4 is 5.69 Å². The Hall–Kier alpha value is -1.22. The van der Waals surface area contributed by atoms with Crippen molar-refractivity contribution in [3.8, 4) is 5.75 Å². The lowest BCUT2D eigenvalue weighted by Crippen LogP contribution is -2.23. The summed E-state index contributed by atoms with van der Waals surface area (Å²) in [7, 11) is 0. The van der Waals surface area contributed by atoms with Crippen LogP contribution in [0.4, 0.5) is 5.69 Å². The first-order valence-corrected chi connectivity index (χ1v) is 5.44. The molecule has 2 rings (SSSR count). The van der Waals surface area contributed by atoms with E-state index in [0.29, 0.717) is 19.3 Å². The second-order valence-electron chi connectivity index (χ2n) is 3.84. The van der Waals surface area contributed by atoms with Gasteiger partial charge in [-0.2, -0.15) is 0 Å². The molecule has 0 spiro atoms. The second kappa shape index (κ2) is 5.03. The molecule has 2 N–H and O–H groups in total. The first-order chi connectivity index (χ1) is 7.34. The Morgan fingerprint density at radius 2 is 2.13 bits per heavy atom. The lowest BCUT2D eigenvalue weighted by atomic mass is 9.96. The van der Waals surface area contributed by atoms with Gasteiger partial charge in [-0.15, -0.1) is 0 Å². The summed E-state index contributed by atoms with van der Waals surface area (Å²) >= 11 is 0. The molecule has 0 radical (unpaired) electrons. The van der Waals surface area contributed by atoms with Crippen LogP contribution in [-0.2, 0) is 4.74 Å². The zero-order chi connectivity index (χ0) is 10.5. The molecule has 1 saturated carbocycles. The van der Waals surface area contributed by atoms with Crippen LogP contribution in [0.15, 0.2) is 24.3 Å². The topological polar surface area (TPSA) is 44.5 Å². The van der Waals surface area contributed by atoms with Crippen molar-refractivity contribution < 1.29 is 9.47 Å². The van der Waals surface area contributed by atoms with Gasteiger partial charge < -0.3 is 15.2 Å². The number of benzene rings is 1. The number of hydrogen-bond acceptors (Lipinski definition) is 3. The molecule has 0 bridgehead atoms. The first-order valence-electron chi connectivity index (χ1n) is 5.44. The van der Waals surface area contributed by atoms with Crippen LogP contribution >= 0.6 is 0 Å². The van der Waals surface area contributed by atoms with E-state index in [0.717, 1.165) is 11.4 Å². The maximum absolute atomic E-state index is 5.63. The van der Waals surface area contributed by atoms with Crippen LogP contribution in [0.25, 0.3) is 0 Å². The molecular formula is C12H17NO2. The quantitative estimate of drug-likeness (QED) is 0.594. The fourth-order valence-corrected chi connectivity index (χ4v) is 1.52. The van der Waals surface area contributed by atoms with Gasteiger partial charge in [-0.05, 0) is 31.4 Å². The number of hydrogen-bond donors (Lipinski definition) is 1. The van der Waals surface area contributed by atoms with E-state index in [1.54, 1.807) is 0 Å². The highest BCUT2D eigenvalue weighted by molar-refractivity contribution is 5.43. The first kappa shape index (κ1) is 10.3. The van der Waals surface area contributed by atoms with Crippen molar-refractivity contribution in [1.29, 1.82) is 0 Å². The Balaban J connectivity index is 1.64. The summed E-state index contributed by atoms with van der Waals surface area (Å²) in [6.45, 7) is 1.26. The highest BCUT2D eigenvalue weighted by Gasteiger charge is 2.17. The maximum Gasteiger partial charge on any atom is 0.121 e. The van der Waals surface area contributed by atoms with Gasteiger partial charge in [0, 0.05) is 11.8 Å². The average molecular weight is 207 g/mol. The Morgan fingerprint density at radius 3 is 2.80 bits per heavy atom. The molecule has 1 aliphatic rings. The number of nitrogens with two attached hydrogens (primary N) is 1. The molecule has 0 heterocycles. The van der Waals surface area contributed by atoms with Crippen molar-refractivity contribution in [1.82, 2.24) is 0 Å². The van der Waals surface area contributed by atoms with Crippen LogP contribution in [0.1, 0.15) is 19.3 Å². The molecule has 0 amide bonds. The van der Waals surface area contributed by atoms with E-state index < -0.39 is 0 Å². The predicted molar refractivity (Wildman–Crippen MR) is 59.9 cm³/mol. The SMILES string of the molecule is Nc1cccc(OCCOC2CCC2)c1. The Kier molecular flexibility index (Phi) is 3.45. The summed E-state index contributed by atoms with van der Waals surface area (Å²) in [6, 6.07) is 7.46. The monoisotopic (exact) mass is 207 g/mol. The van der Waals surface area contributed by atoms with E-state index in [-0.39, 0.29) is 0 Å². The molecule has 0 atom stereocenters. The molecule has 0 saturated heterocycles. The van der Waals surface area contributed by atoms with Crippen LogP contribution in [-0.4, -0.2) is 19.3 Å². The summed E-state index contributed by atoms with van der Waals surface area (Å²) in [5.41, 5.74) is 6.36. The number of rotatable bonds is 5. The van der Waals surface area contributed by atoms with Crippen LogP contribution in [0, 0.1) is 0 Å². The van der Waals surface area contributed by atoms with E-state index in [4.69, 9.17) is 15.2 Å². The van der Waals surface area contributed by atoms with E-state index in [9.17, 15) is 0 Å². The highest BCUT2D eigenvalue weighted by atomic mass is 16.5.